The molecule has 132 valence electrons. The Hall–Kier alpha value is -2.92. The van der Waals surface area contributed by atoms with Gasteiger partial charge in [0.1, 0.15) is 0 Å². The van der Waals surface area contributed by atoms with Crippen molar-refractivity contribution in [3.63, 3.8) is 0 Å². The molecule has 2 heterocycles. The maximum Gasteiger partial charge on any atom is 0.251 e. The van der Waals surface area contributed by atoms with Gasteiger partial charge in [0.15, 0.2) is 0 Å². The van der Waals surface area contributed by atoms with Crippen LogP contribution in [0.4, 0.5) is 0 Å². The van der Waals surface area contributed by atoms with Crippen LogP contribution < -0.4 is 11.1 Å². The van der Waals surface area contributed by atoms with E-state index in [1.54, 1.807) is 0 Å². The smallest absolute Gasteiger partial charge is 0.251 e. The summed E-state index contributed by atoms with van der Waals surface area (Å²) in [5.41, 5.74) is 9.78. The van der Waals surface area contributed by atoms with Gasteiger partial charge in [0.25, 0.3) is 5.91 Å². The molecule has 4 aromatic rings. The first kappa shape index (κ1) is 16.5. The second-order valence-electron chi connectivity index (χ2n) is 6.90. The average Bonchev–Trinajstić information content (AvgIpc) is 2.94. The topological polar surface area (TPSA) is 72.9 Å². The molecule has 0 aliphatic carbocycles. The van der Waals surface area contributed by atoms with E-state index in [-0.39, 0.29) is 11.9 Å². The van der Waals surface area contributed by atoms with Crippen molar-refractivity contribution in [3.8, 4) is 0 Å². The Bertz CT molecular complexity index is 1160. The Kier molecular flexibility index (Phi) is 3.89. The minimum Gasteiger partial charge on any atom is -0.348 e. The number of nitrogens with two attached hydrogens (primary N) is 1. The zero-order chi connectivity index (χ0) is 18.4. The summed E-state index contributed by atoms with van der Waals surface area (Å²) in [5.74, 6) is -0.0963. The number of hydrogen-bond acceptors (Lipinski definition) is 3. The molecule has 0 radical (unpaired) electrons. The van der Waals surface area contributed by atoms with E-state index in [9.17, 15) is 4.79 Å². The lowest BCUT2D eigenvalue weighted by molar-refractivity contribution is 0.0941. The molecule has 4 rings (SSSR count). The number of pyridine rings is 1. The van der Waals surface area contributed by atoms with Crippen molar-refractivity contribution in [1.82, 2.24) is 14.9 Å². The van der Waals surface area contributed by atoms with Gasteiger partial charge in [-0.2, -0.15) is 0 Å². The largest absolute Gasteiger partial charge is 0.348 e. The highest BCUT2D eigenvalue weighted by Crippen LogP contribution is 2.35. The molecule has 26 heavy (non-hydrogen) atoms. The van der Waals surface area contributed by atoms with Gasteiger partial charge in [-0.25, -0.2) is 0 Å². The fourth-order valence-corrected chi connectivity index (χ4v) is 3.73. The van der Waals surface area contributed by atoms with Crippen molar-refractivity contribution in [2.45, 2.75) is 19.9 Å². The van der Waals surface area contributed by atoms with Gasteiger partial charge in [-0.1, -0.05) is 0 Å². The predicted molar refractivity (Wildman–Crippen MR) is 106 cm³/mol. The van der Waals surface area contributed by atoms with Gasteiger partial charge < -0.3 is 15.6 Å². The highest BCUT2D eigenvalue weighted by molar-refractivity contribution is 6.15. The Morgan fingerprint density at radius 1 is 1.23 bits per heavy atom. The fourth-order valence-electron chi connectivity index (χ4n) is 3.73. The van der Waals surface area contributed by atoms with Gasteiger partial charge in [-0.15, -0.1) is 0 Å². The minimum atomic E-state index is -0.0963. The molecule has 0 spiro atoms. The summed E-state index contributed by atoms with van der Waals surface area (Å²) in [6.45, 7) is 4.46. The molecule has 5 nitrogen and oxygen atoms in total. The lowest BCUT2D eigenvalue weighted by Gasteiger charge is -2.11. The van der Waals surface area contributed by atoms with Crippen LogP contribution in [0.25, 0.3) is 32.6 Å². The molecular weight excluding hydrogens is 324 g/mol. The maximum atomic E-state index is 12.5. The summed E-state index contributed by atoms with van der Waals surface area (Å²) in [7, 11) is 2.07. The number of fused-ring (bicyclic) bond motifs is 4. The van der Waals surface area contributed by atoms with Gasteiger partial charge in [0.05, 0.1) is 5.52 Å². The third kappa shape index (κ3) is 2.44. The van der Waals surface area contributed by atoms with Crippen molar-refractivity contribution in [2.24, 2.45) is 12.8 Å². The maximum absolute atomic E-state index is 12.5. The third-order valence-corrected chi connectivity index (χ3v) is 5.14. The summed E-state index contributed by atoms with van der Waals surface area (Å²) in [4.78, 5) is 16.7. The van der Waals surface area contributed by atoms with E-state index >= 15 is 0 Å². The van der Waals surface area contributed by atoms with Crippen LogP contribution in [0.15, 0.2) is 42.7 Å². The molecule has 0 aliphatic rings. The molecule has 0 saturated carbocycles. The van der Waals surface area contributed by atoms with Gasteiger partial charge in [-0.3, -0.25) is 9.78 Å². The standard InChI is InChI=1S/C21H22N4O/c1-12(10-22)24-21(26)14-4-5-19-17(8-14)18-9-15-11-23-7-6-16(15)13(2)20(18)25(19)3/h4-9,11-12H,10,22H2,1-3H3,(H,24,26)/t12-/m0/s1. The van der Waals surface area contributed by atoms with Gasteiger partial charge in [-0.05, 0) is 55.1 Å². The quantitative estimate of drug-likeness (QED) is 0.598. The first-order valence-electron chi connectivity index (χ1n) is 8.77. The van der Waals surface area contributed by atoms with Crippen LogP contribution in [-0.2, 0) is 7.05 Å². The van der Waals surface area contributed by atoms with Crippen molar-refractivity contribution < 1.29 is 4.79 Å². The highest BCUT2D eigenvalue weighted by Gasteiger charge is 2.16. The number of carbonyl (C=O) groups is 1. The van der Waals surface area contributed by atoms with E-state index < -0.39 is 0 Å². The van der Waals surface area contributed by atoms with Gasteiger partial charge in [0, 0.05) is 59.3 Å². The molecule has 3 N–H and O–H groups in total. The average molecular weight is 346 g/mol. The first-order chi connectivity index (χ1) is 12.5. The van der Waals surface area contributed by atoms with E-state index in [4.69, 9.17) is 5.73 Å². The number of amides is 1. The molecule has 0 aliphatic heterocycles. The zero-order valence-electron chi connectivity index (χ0n) is 15.2. The van der Waals surface area contributed by atoms with Crippen LogP contribution in [0.2, 0.25) is 0 Å². The molecule has 0 bridgehead atoms. The summed E-state index contributed by atoms with van der Waals surface area (Å²) >= 11 is 0. The number of carbonyl (C=O) groups excluding carboxylic acids is 1. The number of nitrogens with zero attached hydrogens (tertiary/aromatic N) is 2. The number of aromatic nitrogens is 2. The molecule has 1 amide bonds. The Balaban J connectivity index is 1.98. The van der Waals surface area contributed by atoms with Crippen LogP contribution in [0, 0.1) is 6.92 Å². The fraction of sp³-hybridized carbons (Fsp3) is 0.238. The predicted octanol–water partition coefficient (Wildman–Crippen LogP) is 3.27. The third-order valence-electron chi connectivity index (χ3n) is 5.14. The summed E-state index contributed by atoms with van der Waals surface area (Å²) in [6, 6.07) is 10.0. The normalized spacial score (nSPS) is 12.8. The Morgan fingerprint density at radius 3 is 2.81 bits per heavy atom. The van der Waals surface area contributed by atoms with Crippen LogP contribution in [0.5, 0.6) is 0 Å². The van der Waals surface area contributed by atoms with Crippen LogP contribution in [-0.4, -0.2) is 28.0 Å². The van der Waals surface area contributed by atoms with Crippen LogP contribution >= 0.6 is 0 Å². The molecule has 2 aromatic heterocycles. The lowest BCUT2D eigenvalue weighted by atomic mass is 10.0. The number of rotatable bonds is 3. The first-order valence-corrected chi connectivity index (χ1v) is 8.77. The van der Waals surface area contributed by atoms with Gasteiger partial charge >= 0.3 is 0 Å². The number of hydrogen-bond donors (Lipinski definition) is 2. The zero-order valence-corrected chi connectivity index (χ0v) is 15.2. The summed E-state index contributed by atoms with van der Waals surface area (Å²) in [5, 5.41) is 7.45. The molecule has 0 unspecified atom stereocenters. The molecule has 1 atom stereocenters. The molecule has 0 fully saturated rings. The van der Waals surface area contributed by atoms with E-state index in [0.29, 0.717) is 12.1 Å². The second-order valence-corrected chi connectivity index (χ2v) is 6.90. The minimum absolute atomic E-state index is 0.0528. The molecule has 2 aromatic carbocycles. The molecule has 5 heteroatoms. The van der Waals surface area contributed by atoms with Crippen molar-refractivity contribution in [2.75, 3.05) is 6.54 Å². The van der Waals surface area contributed by atoms with Gasteiger partial charge in [0.2, 0.25) is 0 Å². The molecule has 0 saturated heterocycles. The lowest BCUT2D eigenvalue weighted by Crippen LogP contribution is -2.37. The summed E-state index contributed by atoms with van der Waals surface area (Å²) < 4.78 is 2.20. The van der Waals surface area contributed by atoms with E-state index in [1.165, 1.54) is 16.5 Å². The Morgan fingerprint density at radius 2 is 2.04 bits per heavy atom. The monoisotopic (exact) mass is 346 g/mol. The van der Waals surface area contributed by atoms with E-state index in [2.05, 4.69) is 41.0 Å². The van der Waals surface area contributed by atoms with Crippen molar-refractivity contribution >= 4 is 38.5 Å². The van der Waals surface area contributed by atoms with Crippen molar-refractivity contribution in [3.05, 3.63) is 53.9 Å². The van der Waals surface area contributed by atoms with E-state index in [0.717, 1.165) is 21.7 Å². The summed E-state index contributed by atoms with van der Waals surface area (Å²) in [6.07, 6.45) is 3.71. The molecular formula is C21H22N4O. The van der Waals surface area contributed by atoms with Crippen molar-refractivity contribution in [1.29, 1.82) is 0 Å². The van der Waals surface area contributed by atoms with Crippen LogP contribution in [0.1, 0.15) is 22.8 Å². The number of aryl methyl sites for hydroxylation is 2. The van der Waals surface area contributed by atoms with Crippen LogP contribution in [0.3, 0.4) is 0 Å². The second kappa shape index (κ2) is 6.11. The number of nitrogens with one attached hydrogen (secondary N) is 1. The highest BCUT2D eigenvalue weighted by atomic mass is 16.1. The SMILES string of the molecule is Cc1c2ccncc2cc2c3cc(C(=O)N[C@@H](C)CN)ccc3n(C)c12. The van der Waals surface area contributed by atoms with E-state index in [1.807, 2.05) is 37.5 Å². The number of benzene rings is 2. The Labute approximate surface area is 151 Å².